The average molecular weight is 554 g/mol. The largest absolute Gasteiger partial charge is 0.489 e. The van der Waals surface area contributed by atoms with Gasteiger partial charge >= 0.3 is 6.09 Å². The number of alkyl carbamates (subject to hydrolysis) is 1. The molecule has 0 aliphatic heterocycles. The minimum absolute atomic E-state index is 0.0878. The van der Waals surface area contributed by atoms with Gasteiger partial charge in [-0.15, -0.1) is 0 Å². The molecule has 5 rings (SSSR count). The Morgan fingerprint density at radius 1 is 1.02 bits per heavy atom. The molecular formula is C32H32FN5O3. The minimum atomic E-state index is -0.599. The van der Waals surface area contributed by atoms with E-state index in [-0.39, 0.29) is 18.9 Å². The van der Waals surface area contributed by atoms with Crippen molar-refractivity contribution in [2.45, 2.75) is 39.7 Å². The van der Waals surface area contributed by atoms with Gasteiger partial charge in [0.1, 0.15) is 18.0 Å². The molecule has 9 heteroatoms. The summed E-state index contributed by atoms with van der Waals surface area (Å²) in [6, 6.07) is 20.6. The number of aryl methyl sites for hydroxylation is 1. The van der Waals surface area contributed by atoms with Crippen LogP contribution in [0.3, 0.4) is 0 Å². The number of nitrogens with one attached hydrogen (secondary N) is 2. The fourth-order valence-corrected chi connectivity index (χ4v) is 4.40. The van der Waals surface area contributed by atoms with E-state index in [1.54, 1.807) is 39.1 Å². The summed E-state index contributed by atoms with van der Waals surface area (Å²) >= 11 is 0. The van der Waals surface area contributed by atoms with Gasteiger partial charge in [0, 0.05) is 29.3 Å². The second kappa shape index (κ2) is 11.8. The van der Waals surface area contributed by atoms with Crippen molar-refractivity contribution in [2.24, 2.45) is 0 Å². The molecule has 0 saturated heterocycles. The van der Waals surface area contributed by atoms with Gasteiger partial charge in [-0.2, -0.15) is 0 Å². The zero-order chi connectivity index (χ0) is 29.0. The number of benzene rings is 2. The fraction of sp³-hybridized carbons (Fsp3) is 0.250. The van der Waals surface area contributed by atoms with Gasteiger partial charge in [-0.3, -0.25) is 9.97 Å². The van der Waals surface area contributed by atoms with Gasteiger partial charge in [-0.25, -0.2) is 14.2 Å². The number of halogens is 1. The summed E-state index contributed by atoms with van der Waals surface area (Å²) in [6.45, 7) is 7.56. The van der Waals surface area contributed by atoms with Crippen molar-refractivity contribution in [3.8, 4) is 28.4 Å². The SMILES string of the molecule is Cc1cccc(-c2[nH]c(Cc3ccc(F)c(OCCNC(=O)OC(C)(C)C)c3)nc2-c2ccc3ncccc3c2)n1. The molecule has 0 atom stereocenters. The molecule has 41 heavy (non-hydrogen) atoms. The summed E-state index contributed by atoms with van der Waals surface area (Å²) in [5, 5.41) is 3.62. The Hall–Kier alpha value is -4.79. The number of hydrogen-bond donors (Lipinski definition) is 2. The highest BCUT2D eigenvalue weighted by Gasteiger charge is 2.18. The lowest BCUT2D eigenvalue weighted by Crippen LogP contribution is -2.34. The van der Waals surface area contributed by atoms with Crippen LogP contribution >= 0.6 is 0 Å². The molecule has 2 N–H and O–H groups in total. The van der Waals surface area contributed by atoms with Gasteiger partial charge in [0.15, 0.2) is 11.6 Å². The molecule has 8 nitrogen and oxygen atoms in total. The number of ether oxygens (including phenoxy) is 2. The number of carbonyl (C=O) groups excluding carboxylic acids is 1. The molecule has 0 bridgehead atoms. The molecule has 3 aromatic heterocycles. The second-order valence-electron chi connectivity index (χ2n) is 10.7. The highest BCUT2D eigenvalue weighted by molar-refractivity contribution is 5.86. The molecule has 1 amide bonds. The Morgan fingerprint density at radius 2 is 1.88 bits per heavy atom. The highest BCUT2D eigenvalue weighted by Crippen LogP contribution is 2.32. The summed E-state index contributed by atoms with van der Waals surface area (Å²) in [7, 11) is 0. The number of pyridine rings is 2. The van der Waals surface area contributed by atoms with Gasteiger partial charge < -0.3 is 19.8 Å². The van der Waals surface area contributed by atoms with Gasteiger partial charge in [-0.1, -0.05) is 24.3 Å². The predicted molar refractivity (Wildman–Crippen MR) is 156 cm³/mol. The van der Waals surface area contributed by atoms with Crippen LogP contribution in [0.2, 0.25) is 0 Å². The van der Waals surface area contributed by atoms with Crippen LogP contribution < -0.4 is 10.1 Å². The number of rotatable bonds is 8. The summed E-state index contributed by atoms with van der Waals surface area (Å²) < 4.78 is 25.3. The van der Waals surface area contributed by atoms with Gasteiger partial charge in [0.2, 0.25) is 0 Å². The minimum Gasteiger partial charge on any atom is -0.489 e. The highest BCUT2D eigenvalue weighted by atomic mass is 19.1. The van der Waals surface area contributed by atoms with Crippen molar-refractivity contribution in [2.75, 3.05) is 13.2 Å². The van der Waals surface area contributed by atoms with E-state index in [4.69, 9.17) is 19.4 Å². The summed E-state index contributed by atoms with van der Waals surface area (Å²) in [6.07, 6.45) is 1.64. The third-order valence-electron chi connectivity index (χ3n) is 6.17. The molecule has 0 aliphatic rings. The maximum Gasteiger partial charge on any atom is 0.407 e. The van der Waals surface area contributed by atoms with Crippen LogP contribution in [0.5, 0.6) is 5.75 Å². The third kappa shape index (κ3) is 7.05. The van der Waals surface area contributed by atoms with Crippen LogP contribution in [0, 0.1) is 12.7 Å². The van der Waals surface area contributed by atoms with Crippen molar-refractivity contribution in [3.63, 3.8) is 0 Å². The summed E-state index contributed by atoms with van der Waals surface area (Å²) in [5.74, 6) is 0.317. The van der Waals surface area contributed by atoms with Gasteiger partial charge in [-0.05, 0) is 75.7 Å². The zero-order valence-corrected chi connectivity index (χ0v) is 23.5. The van der Waals surface area contributed by atoms with Crippen molar-refractivity contribution in [1.29, 1.82) is 0 Å². The van der Waals surface area contributed by atoms with Crippen molar-refractivity contribution < 1.29 is 18.7 Å². The Balaban J connectivity index is 1.37. The molecule has 0 saturated carbocycles. The van der Waals surface area contributed by atoms with Crippen molar-refractivity contribution in [3.05, 3.63) is 95.8 Å². The Kier molecular flexibility index (Phi) is 7.96. The van der Waals surface area contributed by atoms with E-state index >= 15 is 0 Å². The van der Waals surface area contributed by atoms with E-state index in [1.165, 1.54) is 6.07 Å². The third-order valence-corrected chi connectivity index (χ3v) is 6.17. The first kappa shape index (κ1) is 27.8. The van der Waals surface area contributed by atoms with Crippen molar-refractivity contribution in [1.82, 2.24) is 25.3 Å². The summed E-state index contributed by atoms with van der Waals surface area (Å²) in [4.78, 5) is 29.4. The quantitative estimate of drug-likeness (QED) is 0.209. The van der Waals surface area contributed by atoms with E-state index in [0.717, 1.165) is 44.8 Å². The fourth-order valence-electron chi connectivity index (χ4n) is 4.40. The number of H-pyrrole nitrogens is 1. The summed E-state index contributed by atoms with van der Waals surface area (Å²) in [5.41, 5.74) is 5.31. The van der Waals surface area contributed by atoms with E-state index in [9.17, 15) is 9.18 Å². The van der Waals surface area contributed by atoms with Crippen molar-refractivity contribution >= 4 is 17.0 Å². The zero-order valence-electron chi connectivity index (χ0n) is 23.5. The average Bonchev–Trinajstić information content (AvgIpc) is 3.35. The molecule has 0 spiro atoms. The monoisotopic (exact) mass is 553 g/mol. The maximum atomic E-state index is 14.5. The van der Waals surface area contributed by atoms with Crippen LogP contribution in [0.25, 0.3) is 33.5 Å². The van der Waals surface area contributed by atoms with E-state index in [2.05, 4.69) is 21.4 Å². The van der Waals surface area contributed by atoms with E-state index in [0.29, 0.717) is 12.2 Å². The number of nitrogens with zero attached hydrogens (tertiary/aromatic N) is 3. The molecular weight excluding hydrogens is 521 g/mol. The van der Waals surface area contributed by atoms with E-state index in [1.807, 2.05) is 49.4 Å². The lowest BCUT2D eigenvalue weighted by atomic mass is 10.1. The van der Waals surface area contributed by atoms with Crippen LogP contribution in [0.4, 0.5) is 9.18 Å². The predicted octanol–water partition coefficient (Wildman–Crippen LogP) is 6.63. The number of imidazole rings is 1. The Morgan fingerprint density at radius 3 is 2.68 bits per heavy atom. The molecule has 0 fully saturated rings. The van der Waals surface area contributed by atoms with Crippen LogP contribution in [-0.2, 0) is 11.2 Å². The van der Waals surface area contributed by atoms with Crippen LogP contribution in [0.1, 0.15) is 37.9 Å². The van der Waals surface area contributed by atoms with Crippen LogP contribution in [-0.4, -0.2) is 44.8 Å². The number of fused-ring (bicyclic) bond motifs is 1. The van der Waals surface area contributed by atoms with Crippen LogP contribution in [0.15, 0.2) is 72.9 Å². The lowest BCUT2D eigenvalue weighted by molar-refractivity contribution is 0.0520. The smallest absolute Gasteiger partial charge is 0.407 e. The number of hydrogen-bond acceptors (Lipinski definition) is 6. The first-order valence-electron chi connectivity index (χ1n) is 13.4. The maximum absolute atomic E-state index is 14.5. The molecule has 3 heterocycles. The first-order chi connectivity index (χ1) is 19.6. The molecule has 2 aromatic carbocycles. The molecule has 0 radical (unpaired) electrons. The molecule has 5 aromatic rings. The Labute approximate surface area is 238 Å². The standard InChI is InChI=1S/C32H32FN5O3/c1-20-7-5-9-26(36-20)30-29(23-11-13-25-22(19-23)8-6-14-34-25)37-28(38-30)18-21-10-12-24(33)27(17-21)40-16-15-35-31(39)41-32(2,3)4/h5-14,17,19H,15-16,18H2,1-4H3,(H,35,39)(H,37,38). The Bertz CT molecular complexity index is 1690. The number of amides is 1. The number of aromatic amines is 1. The normalized spacial score (nSPS) is 11.4. The van der Waals surface area contributed by atoms with Gasteiger partial charge in [0.25, 0.3) is 0 Å². The van der Waals surface area contributed by atoms with Gasteiger partial charge in [0.05, 0.1) is 29.1 Å². The molecule has 0 aliphatic carbocycles. The molecule has 210 valence electrons. The topological polar surface area (TPSA) is 102 Å². The number of carbonyl (C=O) groups is 1. The first-order valence-corrected chi connectivity index (χ1v) is 13.4. The number of aromatic nitrogens is 4. The molecule has 0 unspecified atom stereocenters. The lowest BCUT2D eigenvalue weighted by Gasteiger charge is -2.19. The second-order valence-corrected chi connectivity index (χ2v) is 10.7. The van der Waals surface area contributed by atoms with E-state index < -0.39 is 17.5 Å².